The number of nitrogens with zero attached hydrogens (tertiary/aromatic N) is 3. The number of rotatable bonds is 4. The summed E-state index contributed by atoms with van der Waals surface area (Å²) < 4.78 is 0. The third-order valence-corrected chi connectivity index (χ3v) is 3.38. The molecule has 2 aromatic carbocycles. The average Bonchev–Trinajstić information content (AvgIpc) is 3.05. The van der Waals surface area contributed by atoms with Crippen molar-refractivity contribution in [1.29, 1.82) is 0 Å². The Hall–Kier alpha value is -3.02. The molecule has 1 heterocycles. The van der Waals surface area contributed by atoms with Gasteiger partial charge >= 0.3 is 0 Å². The normalized spacial score (nSPS) is 10.4. The predicted molar refractivity (Wildman–Crippen MR) is 83.1 cm³/mol. The summed E-state index contributed by atoms with van der Waals surface area (Å²) >= 11 is 0. The van der Waals surface area contributed by atoms with Gasteiger partial charge in [-0.15, -0.1) is 10.2 Å². The maximum atomic E-state index is 12.1. The molecule has 0 radical (unpaired) electrons. The van der Waals surface area contributed by atoms with E-state index in [4.69, 9.17) is 0 Å². The van der Waals surface area contributed by atoms with Gasteiger partial charge in [0.25, 0.3) is 0 Å². The van der Waals surface area contributed by atoms with Crippen LogP contribution in [-0.2, 0) is 11.2 Å². The molecule has 110 valence electrons. The number of hydrogen-bond acceptors (Lipinski definition) is 4. The smallest absolute Gasteiger partial charge is 0.228 e. The standard InChI is InChI=1S/C16H15N5O/c1-11-4-2-3-5-13(11)10-15(22)17-14-8-6-12(7-9-14)16-18-20-21-19-16/h2-9H,10H2,1H3,(H,17,22)(H,18,19,20,21). The maximum absolute atomic E-state index is 12.1. The highest BCUT2D eigenvalue weighted by atomic mass is 16.1. The summed E-state index contributed by atoms with van der Waals surface area (Å²) in [6.45, 7) is 2.00. The largest absolute Gasteiger partial charge is 0.326 e. The first kappa shape index (κ1) is 13.9. The van der Waals surface area contributed by atoms with Gasteiger partial charge in [-0.25, -0.2) is 0 Å². The van der Waals surface area contributed by atoms with Crippen molar-refractivity contribution in [1.82, 2.24) is 20.6 Å². The summed E-state index contributed by atoms with van der Waals surface area (Å²) in [6, 6.07) is 15.2. The lowest BCUT2D eigenvalue weighted by molar-refractivity contribution is -0.115. The molecule has 0 atom stereocenters. The number of aromatic nitrogens is 4. The van der Waals surface area contributed by atoms with E-state index in [0.29, 0.717) is 12.2 Å². The van der Waals surface area contributed by atoms with E-state index in [2.05, 4.69) is 25.9 Å². The fraction of sp³-hybridized carbons (Fsp3) is 0.125. The molecule has 0 aliphatic rings. The second kappa shape index (κ2) is 6.17. The zero-order valence-corrected chi connectivity index (χ0v) is 12.1. The number of aromatic amines is 1. The van der Waals surface area contributed by atoms with E-state index in [9.17, 15) is 4.79 Å². The average molecular weight is 293 g/mol. The summed E-state index contributed by atoms with van der Waals surface area (Å²) in [5.41, 5.74) is 3.73. The number of amides is 1. The monoisotopic (exact) mass is 293 g/mol. The van der Waals surface area contributed by atoms with E-state index in [-0.39, 0.29) is 5.91 Å². The first-order valence-electron chi connectivity index (χ1n) is 6.90. The van der Waals surface area contributed by atoms with Crippen LogP contribution in [0.5, 0.6) is 0 Å². The summed E-state index contributed by atoms with van der Waals surface area (Å²) in [5.74, 6) is 0.486. The highest BCUT2D eigenvalue weighted by Gasteiger charge is 2.07. The molecule has 0 aliphatic heterocycles. The van der Waals surface area contributed by atoms with Gasteiger partial charge in [-0.2, -0.15) is 5.21 Å². The number of hydrogen-bond donors (Lipinski definition) is 2. The zero-order chi connectivity index (χ0) is 15.4. The first-order chi connectivity index (χ1) is 10.7. The van der Waals surface area contributed by atoms with Crippen LogP contribution in [0.1, 0.15) is 11.1 Å². The molecular weight excluding hydrogens is 278 g/mol. The van der Waals surface area contributed by atoms with Gasteiger partial charge in [-0.3, -0.25) is 4.79 Å². The number of carbonyl (C=O) groups is 1. The van der Waals surface area contributed by atoms with Crippen LogP contribution in [0.25, 0.3) is 11.4 Å². The molecule has 0 bridgehead atoms. The highest BCUT2D eigenvalue weighted by molar-refractivity contribution is 5.92. The van der Waals surface area contributed by atoms with Crippen molar-refractivity contribution in [2.24, 2.45) is 0 Å². The fourth-order valence-electron chi connectivity index (χ4n) is 2.17. The minimum atomic E-state index is -0.0402. The Morgan fingerprint density at radius 3 is 2.59 bits per heavy atom. The van der Waals surface area contributed by atoms with Crippen molar-refractivity contribution in [3.8, 4) is 11.4 Å². The third-order valence-electron chi connectivity index (χ3n) is 3.38. The first-order valence-corrected chi connectivity index (χ1v) is 6.90. The third kappa shape index (κ3) is 3.17. The summed E-state index contributed by atoms with van der Waals surface area (Å²) in [6.07, 6.45) is 0.360. The number of H-pyrrole nitrogens is 1. The van der Waals surface area contributed by atoms with E-state index in [1.807, 2.05) is 55.5 Å². The van der Waals surface area contributed by atoms with E-state index >= 15 is 0 Å². The van der Waals surface area contributed by atoms with Crippen molar-refractivity contribution >= 4 is 11.6 Å². The fourth-order valence-corrected chi connectivity index (χ4v) is 2.17. The van der Waals surface area contributed by atoms with Crippen LogP contribution in [0.15, 0.2) is 48.5 Å². The molecule has 0 saturated carbocycles. The van der Waals surface area contributed by atoms with Gasteiger partial charge in [-0.05, 0) is 47.5 Å². The Kier molecular flexibility index (Phi) is 3.91. The van der Waals surface area contributed by atoms with Crippen LogP contribution in [0.3, 0.4) is 0 Å². The molecule has 6 nitrogen and oxygen atoms in total. The Morgan fingerprint density at radius 1 is 1.14 bits per heavy atom. The molecule has 0 saturated heterocycles. The summed E-state index contributed by atoms with van der Waals surface area (Å²) in [7, 11) is 0. The number of tetrazole rings is 1. The van der Waals surface area contributed by atoms with Crippen LogP contribution in [0.4, 0.5) is 5.69 Å². The van der Waals surface area contributed by atoms with E-state index in [1.165, 1.54) is 0 Å². The number of nitrogens with one attached hydrogen (secondary N) is 2. The Labute approximate surface area is 127 Å². The van der Waals surface area contributed by atoms with Gasteiger partial charge in [-0.1, -0.05) is 24.3 Å². The second-order valence-corrected chi connectivity index (χ2v) is 4.96. The molecule has 3 aromatic rings. The van der Waals surface area contributed by atoms with E-state index in [1.54, 1.807) is 0 Å². The van der Waals surface area contributed by atoms with Gasteiger partial charge in [0.05, 0.1) is 6.42 Å². The predicted octanol–water partition coefficient (Wildman–Crippen LogP) is 2.36. The lowest BCUT2D eigenvalue weighted by Gasteiger charge is -2.07. The quantitative estimate of drug-likeness (QED) is 0.773. The molecule has 1 amide bonds. The van der Waals surface area contributed by atoms with Crippen molar-refractivity contribution in [3.63, 3.8) is 0 Å². The van der Waals surface area contributed by atoms with Crippen LogP contribution in [0.2, 0.25) is 0 Å². The van der Waals surface area contributed by atoms with Crippen molar-refractivity contribution in [3.05, 3.63) is 59.7 Å². The molecule has 0 unspecified atom stereocenters. The molecule has 0 spiro atoms. The van der Waals surface area contributed by atoms with E-state index < -0.39 is 0 Å². The van der Waals surface area contributed by atoms with Gasteiger partial charge in [0.2, 0.25) is 11.7 Å². The summed E-state index contributed by atoms with van der Waals surface area (Å²) in [5, 5.41) is 16.6. The number of anilines is 1. The Morgan fingerprint density at radius 2 is 1.91 bits per heavy atom. The lowest BCUT2D eigenvalue weighted by atomic mass is 10.1. The molecule has 22 heavy (non-hydrogen) atoms. The van der Waals surface area contributed by atoms with Crippen molar-refractivity contribution < 1.29 is 4.79 Å². The Bertz CT molecular complexity index is 765. The molecule has 2 N–H and O–H groups in total. The van der Waals surface area contributed by atoms with Crippen LogP contribution in [-0.4, -0.2) is 26.5 Å². The highest BCUT2D eigenvalue weighted by Crippen LogP contribution is 2.17. The second-order valence-electron chi connectivity index (χ2n) is 4.96. The zero-order valence-electron chi connectivity index (χ0n) is 12.1. The molecular formula is C16H15N5O. The number of benzene rings is 2. The van der Waals surface area contributed by atoms with Crippen molar-refractivity contribution in [2.75, 3.05) is 5.32 Å². The minimum absolute atomic E-state index is 0.0402. The Balaban J connectivity index is 1.66. The molecule has 0 aliphatic carbocycles. The SMILES string of the molecule is Cc1ccccc1CC(=O)Nc1ccc(-c2nn[nH]n2)cc1. The summed E-state index contributed by atoms with van der Waals surface area (Å²) in [4.78, 5) is 12.1. The number of carbonyl (C=O) groups excluding carboxylic acids is 1. The van der Waals surface area contributed by atoms with Gasteiger partial charge < -0.3 is 5.32 Å². The molecule has 3 rings (SSSR count). The van der Waals surface area contributed by atoms with Gasteiger partial charge in [0, 0.05) is 11.3 Å². The van der Waals surface area contributed by atoms with Crippen LogP contribution < -0.4 is 5.32 Å². The topological polar surface area (TPSA) is 83.6 Å². The van der Waals surface area contributed by atoms with Crippen LogP contribution in [0, 0.1) is 6.92 Å². The molecule has 6 heteroatoms. The van der Waals surface area contributed by atoms with Crippen LogP contribution >= 0.6 is 0 Å². The minimum Gasteiger partial charge on any atom is -0.326 e. The van der Waals surface area contributed by atoms with E-state index in [0.717, 1.165) is 22.4 Å². The maximum Gasteiger partial charge on any atom is 0.228 e. The van der Waals surface area contributed by atoms with Gasteiger partial charge in [0.15, 0.2) is 0 Å². The van der Waals surface area contributed by atoms with Gasteiger partial charge in [0.1, 0.15) is 0 Å². The molecule has 1 aromatic heterocycles. The molecule has 0 fully saturated rings. The number of aryl methyl sites for hydroxylation is 1. The lowest BCUT2D eigenvalue weighted by Crippen LogP contribution is -2.14. The van der Waals surface area contributed by atoms with Crippen molar-refractivity contribution in [2.45, 2.75) is 13.3 Å².